The minimum atomic E-state index is -0.579. The quantitative estimate of drug-likeness (QED) is 0.858. The Morgan fingerprint density at radius 2 is 2.05 bits per heavy atom. The van der Waals surface area contributed by atoms with Crippen molar-refractivity contribution in [3.8, 4) is 6.07 Å². The molecule has 0 bridgehead atoms. The highest BCUT2D eigenvalue weighted by Crippen LogP contribution is 2.27. The van der Waals surface area contributed by atoms with E-state index in [1.54, 1.807) is 13.0 Å². The van der Waals surface area contributed by atoms with Gasteiger partial charge in [0.25, 0.3) is 0 Å². The van der Waals surface area contributed by atoms with Crippen LogP contribution in [0.2, 0.25) is 5.15 Å². The molecule has 0 spiro atoms. The van der Waals surface area contributed by atoms with Gasteiger partial charge in [-0.3, -0.25) is 0 Å². The molecule has 1 aromatic heterocycles. The predicted octanol–water partition coefficient (Wildman–Crippen LogP) is 4.32. The van der Waals surface area contributed by atoms with Gasteiger partial charge in [-0.25, -0.2) is 14.4 Å². The second kappa shape index (κ2) is 6.06. The van der Waals surface area contributed by atoms with Gasteiger partial charge < -0.3 is 5.32 Å². The lowest BCUT2D eigenvalue weighted by molar-refractivity contribution is 0.624. The second-order valence-corrected chi connectivity index (χ2v) is 5.26. The van der Waals surface area contributed by atoms with E-state index >= 15 is 0 Å². The number of rotatable bonds is 3. The van der Waals surface area contributed by atoms with E-state index in [9.17, 15) is 4.39 Å². The van der Waals surface area contributed by atoms with Crippen LogP contribution < -0.4 is 5.32 Å². The molecule has 2 aromatic rings. The normalized spacial score (nSPS) is 10.5. The lowest BCUT2D eigenvalue weighted by atomic mass is 10.1. The van der Waals surface area contributed by atoms with Gasteiger partial charge in [-0.05, 0) is 19.1 Å². The summed E-state index contributed by atoms with van der Waals surface area (Å²) in [5.74, 6) is 0.583. The summed E-state index contributed by atoms with van der Waals surface area (Å²) in [4.78, 5) is 8.60. The van der Waals surface area contributed by atoms with Crippen LogP contribution in [0.15, 0.2) is 18.2 Å². The zero-order valence-electron chi connectivity index (χ0n) is 11.9. The monoisotopic (exact) mass is 304 g/mol. The summed E-state index contributed by atoms with van der Waals surface area (Å²) < 4.78 is 13.6. The molecular formula is C15H14ClFN4. The molecule has 4 nitrogen and oxygen atoms in total. The zero-order chi connectivity index (χ0) is 15.6. The van der Waals surface area contributed by atoms with Crippen molar-refractivity contribution in [3.63, 3.8) is 0 Å². The number of benzene rings is 1. The van der Waals surface area contributed by atoms with E-state index in [2.05, 4.69) is 15.3 Å². The molecule has 0 radical (unpaired) electrons. The molecule has 0 fully saturated rings. The lowest BCUT2D eigenvalue weighted by Crippen LogP contribution is -2.06. The first-order chi connectivity index (χ1) is 9.93. The highest BCUT2D eigenvalue weighted by Gasteiger charge is 2.14. The van der Waals surface area contributed by atoms with E-state index in [-0.39, 0.29) is 11.5 Å². The molecule has 0 saturated heterocycles. The van der Waals surface area contributed by atoms with Gasteiger partial charge in [0.05, 0.1) is 5.69 Å². The number of anilines is 2. The van der Waals surface area contributed by atoms with Crippen LogP contribution in [0.5, 0.6) is 0 Å². The Hall–Kier alpha value is -2.19. The zero-order valence-corrected chi connectivity index (χ0v) is 12.7. The molecule has 1 aromatic carbocycles. The van der Waals surface area contributed by atoms with Gasteiger partial charge in [-0.1, -0.05) is 31.5 Å². The third-order valence-corrected chi connectivity index (χ3v) is 3.37. The van der Waals surface area contributed by atoms with Crippen molar-refractivity contribution in [1.29, 1.82) is 5.26 Å². The van der Waals surface area contributed by atoms with E-state index in [4.69, 9.17) is 16.9 Å². The first kappa shape index (κ1) is 15.2. The van der Waals surface area contributed by atoms with Crippen LogP contribution >= 0.6 is 11.6 Å². The molecule has 0 amide bonds. The van der Waals surface area contributed by atoms with E-state index in [1.165, 1.54) is 12.1 Å². The summed E-state index contributed by atoms with van der Waals surface area (Å²) in [6, 6.07) is 6.23. The summed E-state index contributed by atoms with van der Waals surface area (Å²) in [5, 5.41) is 12.4. The van der Waals surface area contributed by atoms with Crippen molar-refractivity contribution < 1.29 is 4.39 Å². The van der Waals surface area contributed by atoms with Crippen molar-refractivity contribution >= 4 is 23.1 Å². The standard InChI is InChI=1S/C15H14ClFN4/c1-8(2)14-20-13(16)9(3)15(21-14)19-12-6-4-5-11(17)10(12)7-18/h4-6,8H,1-3H3,(H,19,20,21). The maximum Gasteiger partial charge on any atom is 0.143 e. The first-order valence-electron chi connectivity index (χ1n) is 6.43. The van der Waals surface area contributed by atoms with Gasteiger partial charge in [0.1, 0.15) is 34.2 Å². The molecule has 0 aliphatic carbocycles. The molecule has 1 N–H and O–H groups in total. The fourth-order valence-corrected chi connectivity index (χ4v) is 1.93. The van der Waals surface area contributed by atoms with Crippen LogP contribution in [0.1, 0.15) is 36.7 Å². The minimum Gasteiger partial charge on any atom is -0.339 e. The molecule has 2 rings (SSSR count). The molecule has 108 valence electrons. The van der Waals surface area contributed by atoms with Crippen LogP contribution in [-0.4, -0.2) is 9.97 Å². The molecule has 6 heteroatoms. The molecule has 0 atom stereocenters. The van der Waals surface area contributed by atoms with Gasteiger partial charge in [0, 0.05) is 11.5 Å². The Bertz CT molecular complexity index is 722. The number of hydrogen-bond acceptors (Lipinski definition) is 4. The number of nitrogens with one attached hydrogen (secondary N) is 1. The summed E-state index contributed by atoms with van der Waals surface area (Å²) in [6.45, 7) is 5.67. The Balaban J connectivity index is 2.50. The van der Waals surface area contributed by atoms with Crippen LogP contribution in [0.3, 0.4) is 0 Å². The van der Waals surface area contributed by atoms with Crippen molar-refractivity contribution in [1.82, 2.24) is 9.97 Å². The first-order valence-corrected chi connectivity index (χ1v) is 6.81. The van der Waals surface area contributed by atoms with E-state index < -0.39 is 5.82 Å². The molecule has 0 saturated carbocycles. The SMILES string of the molecule is Cc1c(Cl)nc(C(C)C)nc1Nc1cccc(F)c1C#N. The second-order valence-electron chi connectivity index (χ2n) is 4.90. The van der Waals surface area contributed by atoms with Crippen molar-refractivity contribution in [2.45, 2.75) is 26.7 Å². The van der Waals surface area contributed by atoms with Crippen LogP contribution in [0.25, 0.3) is 0 Å². The Labute approximate surface area is 127 Å². The van der Waals surface area contributed by atoms with Gasteiger partial charge >= 0.3 is 0 Å². The fraction of sp³-hybridized carbons (Fsp3) is 0.267. The summed E-state index contributed by atoms with van der Waals surface area (Å²) in [5.41, 5.74) is 0.942. The van der Waals surface area contributed by atoms with Gasteiger partial charge in [0.2, 0.25) is 0 Å². The average Bonchev–Trinajstić information content (AvgIpc) is 2.43. The van der Waals surface area contributed by atoms with E-state index in [0.29, 0.717) is 28.0 Å². The van der Waals surface area contributed by atoms with Gasteiger partial charge in [-0.2, -0.15) is 5.26 Å². The average molecular weight is 305 g/mol. The van der Waals surface area contributed by atoms with Crippen LogP contribution in [-0.2, 0) is 0 Å². The van der Waals surface area contributed by atoms with Crippen molar-refractivity contribution in [2.75, 3.05) is 5.32 Å². The van der Waals surface area contributed by atoms with Gasteiger partial charge in [0.15, 0.2) is 0 Å². The predicted molar refractivity (Wildman–Crippen MR) is 80.3 cm³/mol. The third-order valence-electron chi connectivity index (χ3n) is 3.00. The fourth-order valence-electron chi connectivity index (χ4n) is 1.75. The molecule has 0 aliphatic heterocycles. The molecule has 0 aliphatic rings. The smallest absolute Gasteiger partial charge is 0.143 e. The molecule has 0 unspecified atom stereocenters. The number of aromatic nitrogens is 2. The number of hydrogen-bond donors (Lipinski definition) is 1. The summed E-state index contributed by atoms with van der Waals surface area (Å²) in [6.07, 6.45) is 0. The Morgan fingerprint density at radius 3 is 2.67 bits per heavy atom. The van der Waals surface area contributed by atoms with Crippen molar-refractivity contribution in [2.24, 2.45) is 0 Å². The van der Waals surface area contributed by atoms with E-state index in [0.717, 1.165) is 0 Å². The molecular weight excluding hydrogens is 291 g/mol. The number of nitriles is 1. The Morgan fingerprint density at radius 1 is 1.33 bits per heavy atom. The Kier molecular flexibility index (Phi) is 4.39. The third kappa shape index (κ3) is 3.11. The van der Waals surface area contributed by atoms with Crippen LogP contribution in [0.4, 0.5) is 15.9 Å². The topological polar surface area (TPSA) is 61.6 Å². The number of halogens is 2. The highest BCUT2D eigenvalue weighted by atomic mass is 35.5. The lowest BCUT2D eigenvalue weighted by Gasteiger charge is -2.13. The molecule has 21 heavy (non-hydrogen) atoms. The summed E-state index contributed by atoms with van der Waals surface area (Å²) >= 11 is 6.10. The summed E-state index contributed by atoms with van der Waals surface area (Å²) in [7, 11) is 0. The minimum absolute atomic E-state index is 0.0577. The van der Waals surface area contributed by atoms with Gasteiger partial charge in [-0.15, -0.1) is 0 Å². The van der Waals surface area contributed by atoms with E-state index in [1.807, 2.05) is 19.9 Å². The maximum atomic E-state index is 13.6. The molecule has 1 heterocycles. The number of nitrogens with zero attached hydrogens (tertiary/aromatic N) is 3. The highest BCUT2D eigenvalue weighted by molar-refractivity contribution is 6.30. The van der Waals surface area contributed by atoms with Crippen LogP contribution in [0, 0.1) is 24.1 Å². The maximum absolute atomic E-state index is 13.6. The largest absolute Gasteiger partial charge is 0.339 e. The van der Waals surface area contributed by atoms with Crippen molar-refractivity contribution in [3.05, 3.63) is 46.1 Å².